The Bertz CT molecular complexity index is 751. The fourth-order valence-electron chi connectivity index (χ4n) is 1.95. The van der Waals surface area contributed by atoms with Crippen LogP contribution in [0, 0.1) is 0 Å². The third kappa shape index (κ3) is 2.75. The van der Waals surface area contributed by atoms with E-state index < -0.39 is 0 Å². The number of anilines is 1. The number of hydrogen-bond donors (Lipinski definition) is 1. The average Bonchev–Trinajstić information content (AvgIpc) is 2.95. The molecule has 1 aliphatic heterocycles. The van der Waals surface area contributed by atoms with Crippen LogP contribution in [0.2, 0.25) is 0 Å². The minimum Gasteiger partial charge on any atom is -0.454 e. The largest absolute Gasteiger partial charge is 0.454 e. The first-order valence-electron chi connectivity index (χ1n) is 6.15. The second kappa shape index (κ2) is 5.48. The quantitative estimate of drug-likeness (QED) is 0.693. The van der Waals surface area contributed by atoms with Crippen molar-refractivity contribution in [3.63, 3.8) is 0 Å². The Labute approximate surface area is 120 Å². The number of ether oxygens (including phenoxy) is 2. The molecule has 1 heterocycles. The van der Waals surface area contributed by atoms with Crippen LogP contribution in [0.1, 0.15) is 10.4 Å². The number of hydrogen-bond acceptors (Lipinski definition) is 5. The summed E-state index contributed by atoms with van der Waals surface area (Å²) in [6.07, 6.45) is 1.44. The fourth-order valence-corrected chi connectivity index (χ4v) is 1.95. The molecule has 0 fully saturated rings. The van der Waals surface area contributed by atoms with Gasteiger partial charge in [0.05, 0.1) is 5.69 Å². The molecule has 0 saturated carbocycles. The Morgan fingerprint density at radius 2 is 2.00 bits per heavy atom. The standard InChI is InChI=1S/C15H10N2O4/c18-8-16-11-3-1-2-10(6-11)15(19)17-12-4-5-13-14(7-12)21-9-20-13/h1-7H,9H2,(H,17,19). The predicted octanol–water partition coefficient (Wildman–Crippen LogP) is 2.63. The molecule has 0 saturated heterocycles. The third-order valence-electron chi connectivity index (χ3n) is 2.91. The van der Waals surface area contributed by atoms with Crippen LogP contribution in [0.4, 0.5) is 11.4 Å². The number of nitrogens with zero attached hydrogens (tertiary/aromatic N) is 1. The maximum absolute atomic E-state index is 12.1. The van der Waals surface area contributed by atoms with Crippen molar-refractivity contribution in [1.29, 1.82) is 0 Å². The number of carbonyl (C=O) groups excluding carboxylic acids is 2. The number of isocyanates is 1. The normalized spacial score (nSPS) is 11.6. The van der Waals surface area contributed by atoms with E-state index >= 15 is 0 Å². The molecule has 0 spiro atoms. The van der Waals surface area contributed by atoms with E-state index in [9.17, 15) is 9.59 Å². The van der Waals surface area contributed by atoms with Crippen LogP contribution >= 0.6 is 0 Å². The van der Waals surface area contributed by atoms with Crippen LogP contribution < -0.4 is 14.8 Å². The zero-order valence-electron chi connectivity index (χ0n) is 10.8. The molecule has 3 rings (SSSR count). The van der Waals surface area contributed by atoms with E-state index in [-0.39, 0.29) is 12.7 Å². The van der Waals surface area contributed by atoms with E-state index in [1.807, 2.05) is 0 Å². The van der Waals surface area contributed by atoms with Gasteiger partial charge in [0.2, 0.25) is 12.9 Å². The lowest BCUT2D eigenvalue weighted by Gasteiger charge is -2.06. The summed E-state index contributed by atoms with van der Waals surface area (Å²) < 4.78 is 10.4. The molecule has 2 aromatic carbocycles. The van der Waals surface area contributed by atoms with Crippen LogP contribution in [0.5, 0.6) is 11.5 Å². The van der Waals surface area contributed by atoms with Gasteiger partial charge in [-0.05, 0) is 30.3 Å². The first-order valence-corrected chi connectivity index (χ1v) is 6.15. The number of fused-ring (bicyclic) bond motifs is 1. The molecule has 0 bridgehead atoms. The SMILES string of the molecule is O=C=Nc1cccc(C(=O)Nc2ccc3c(c2)OCO3)c1. The lowest BCUT2D eigenvalue weighted by molar-refractivity contribution is 0.102. The van der Waals surface area contributed by atoms with Gasteiger partial charge in [0.1, 0.15) is 0 Å². The summed E-state index contributed by atoms with van der Waals surface area (Å²) in [5.74, 6) is 0.930. The number of aliphatic imine (C=N–C) groups is 1. The van der Waals surface area contributed by atoms with Gasteiger partial charge in [0, 0.05) is 17.3 Å². The fraction of sp³-hybridized carbons (Fsp3) is 0.0667. The van der Waals surface area contributed by atoms with Gasteiger partial charge in [-0.15, -0.1) is 0 Å². The number of benzene rings is 2. The Kier molecular flexibility index (Phi) is 3.37. The average molecular weight is 282 g/mol. The Balaban J connectivity index is 1.80. The van der Waals surface area contributed by atoms with Crippen molar-refractivity contribution in [2.75, 3.05) is 12.1 Å². The van der Waals surface area contributed by atoms with Gasteiger partial charge >= 0.3 is 0 Å². The van der Waals surface area contributed by atoms with Crippen molar-refractivity contribution in [2.45, 2.75) is 0 Å². The Morgan fingerprint density at radius 3 is 2.86 bits per heavy atom. The smallest absolute Gasteiger partial charge is 0.255 e. The highest BCUT2D eigenvalue weighted by atomic mass is 16.7. The highest BCUT2D eigenvalue weighted by Crippen LogP contribution is 2.34. The molecule has 0 radical (unpaired) electrons. The van der Waals surface area contributed by atoms with E-state index in [4.69, 9.17) is 9.47 Å². The van der Waals surface area contributed by atoms with Crippen molar-refractivity contribution < 1.29 is 19.1 Å². The first kappa shape index (κ1) is 12.9. The second-order valence-corrected chi connectivity index (χ2v) is 4.28. The highest BCUT2D eigenvalue weighted by molar-refractivity contribution is 6.04. The molecule has 2 aromatic rings. The van der Waals surface area contributed by atoms with Crippen LogP contribution in [-0.2, 0) is 4.79 Å². The van der Waals surface area contributed by atoms with Crippen molar-refractivity contribution in [3.8, 4) is 11.5 Å². The lowest BCUT2D eigenvalue weighted by atomic mass is 10.2. The molecule has 104 valence electrons. The topological polar surface area (TPSA) is 77.0 Å². The van der Waals surface area contributed by atoms with Crippen LogP contribution in [0.3, 0.4) is 0 Å². The Hall–Kier alpha value is -3.11. The molecule has 6 nitrogen and oxygen atoms in total. The van der Waals surface area contributed by atoms with Gasteiger partial charge in [-0.2, -0.15) is 4.99 Å². The van der Waals surface area contributed by atoms with Gasteiger partial charge in [-0.3, -0.25) is 4.79 Å². The molecule has 0 atom stereocenters. The summed E-state index contributed by atoms with van der Waals surface area (Å²) >= 11 is 0. The Morgan fingerprint density at radius 1 is 1.14 bits per heavy atom. The minimum atomic E-state index is -0.309. The molecule has 0 unspecified atom stereocenters. The summed E-state index contributed by atoms with van der Waals surface area (Å²) in [7, 11) is 0. The number of amides is 1. The molecule has 0 aliphatic carbocycles. The van der Waals surface area contributed by atoms with Gasteiger partial charge in [-0.1, -0.05) is 6.07 Å². The molecule has 21 heavy (non-hydrogen) atoms. The molecular weight excluding hydrogens is 272 g/mol. The predicted molar refractivity (Wildman–Crippen MR) is 74.7 cm³/mol. The zero-order valence-corrected chi connectivity index (χ0v) is 10.8. The van der Waals surface area contributed by atoms with E-state index in [0.717, 1.165) is 0 Å². The van der Waals surface area contributed by atoms with Gasteiger partial charge in [0.25, 0.3) is 5.91 Å². The summed E-state index contributed by atoms with van der Waals surface area (Å²) in [6.45, 7) is 0.179. The van der Waals surface area contributed by atoms with Gasteiger partial charge < -0.3 is 14.8 Å². The monoisotopic (exact) mass is 282 g/mol. The van der Waals surface area contributed by atoms with Crippen molar-refractivity contribution in [1.82, 2.24) is 0 Å². The van der Waals surface area contributed by atoms with E-state index in [1.165, 1.54) is 12.1 Å². The summed E-state index contributed by atoms with van der Waals surface area (Å²) in [6, 6.07) is 11.5. The maximum atomic E-state index is 12.1. The molecule has 0 aromatic heterocycles. The van der Waals surface area contributed by atoms with E-state index in [2.05, 4.69) is 10.3 Å². The van der Waals surface area contributed by atoms with Crippen LogP contribution in [0.25, 0.3) is 0 Å². The second-order valence-electron chi connectivity index (χ2n) is 4.28. The van der Waals surface area contributed by atoms with Gasteiger partial charge in [-0.25, -0.2) is 4.79 Å². The van der Waals surface area contributed by atoms with Gasteiger partial charge in [0.15, 0.2) is 11.5 Å². The maximum Gasteiger partial charge on any atom is 0.255 e. The number of nitrogens with one attached hydrogen (secondary N) is 1. The summed E-state index contributed by atoms with van der Waals surface area (Å²) in [5.41, 5.74) is 1.36. The molecule has 1 amide bonds. The lowest BCUT2D eigenvalue weighted by Crippen LogP contribution is -2.11. The van der Waals surface area contributed by atoms with Crippen molar-refractivity contribution in [2.24, 2.45) is 4.99 Å². The molecular formula is C15H10N2O4. The molecule has 1 N–H and O–H groups in total. The van der Waals surface area contributed by atoms with Crippen LogP contribution in [0.15, 0.2) is 47.5 Å². The summed E-state index contributed by atoms with van der Waals surface area (Å²) in [4.78, 5) is 25.9. The van der Waals surface area contributed by atoms with E-state index in [0.29, 0.717) is 28.4 Å². The minimum absolute atomic E-state index is 0.179. The highest BCUT2D eigenvalue weighted by Gasteiger charge is 2.14. The number of carbonyl (C=O) groups is 1. The number of rotatable bonds is 3. The summed E-state index contributed by atoms with van der Waals surface area (Å²) in [5, 5.41) is 2.74. The molecule has 1 aliphatic rings. The first-order chi connectivity index (χ1) is 10.3. The van der Waals surface area contributed by atoms with Crippen LogP contribution in [-0.4, -0.2) is 18.8 Å². The molecule has 6 heteroatoms. The zero-order chi connectivity index (χ0) is 14.7. The van der Waals surface area contributed by atoms with Crippen molar-refractivity contribution in [3.05, 3.63) is 48.0 Å². The van der Waals surface area contributed by atoms with Crippen molar-refractivity contribution >= 4 is 23.4 Å². The van der Waals surface area contributed by atoms with E-state index in [1.54, 1.807) is 36.4 Å². The third-order valence-corrected chi connectivity index (χ3v) is 2.91.